The number of benzene rings is 2. The predicted molar refractivity (Wildman–Crippen MR) is 109 cm³/mol. The number of thiazole rings is 1. The van der Waals surface area contributed by atoms with Gasteiger partial charge in [0.1, 0.15) is 11.4 Å². The fraction of sp³-hybridized carbons (Fsp3) is 0. The van der Waals surface area contributed by atoms with Crippen molar-refractivity contribution in [1.29, 1.82) is 0 Å². The summed E-state index contributed by atoms with van der Waals surface area (Å²) in [6.45, 7) is 0. The molecule has 0 saturated heterocycles. The van der Waals surface area contributed by atoms with Crippen LogP contribution in [0.4, 0.5) is 5.69 Å². The first-order valence-electron chi connectivity index (χ1n) is 8.26. The largest absolute Gasteiger partial charge is 0.455 e. The Morgan fingerprint density at radius 3 is 2.61 bits per heavy atom. The van der Waals surface area contributed by atoms with E-state index < -0.39 is 0 Å². The minimum Gasteiger partial charge on any atom is -0.455 e. The molecule has 0 bridgehead atoms. The first-order valence-corrected chi connectivity index (χ1v) is 9.51. The number of hydrogen-bond acceptors (Lipinski definition) is 6. The van der Waals surface area contributed by atoms with Gasteiger partial charge in [-0.2, -0.15) is 0 Å². The van der Waals surface area contributed by atoms with Crippen molar-refractivity contribution in [3.8, 4) is 22.3 Å². The number of hydrogen-bond donors (Lipinski definition) is 1. The fourth-order valence-electron chi connectivity index (χ4n) is 2.38. The van der Waals surface area contributed by atoms with Crippen molar-refractivity contribution >= 4 is 34.5 Å². The number of carbonyl (C=O) groups is 1. The molecule has 2 heterocycles. The molecule has 8 heteroatoms. The van der Waals surface area contributed by atoms with Gasteiger partial charge in [0.05, 0.1) is 5.69 Å². The highest BCUT2D eigenvalue weighted by Gasteiger charge is 2.16. The molecule has 0 aliphatic carbocycles. The highest BCUT2D eigenvalue weighted by atomic mass is 35.5. The summed E-state index contributed by atoms with van der Waals surface area (Å²) in [4.78, 5) is 25.3. The lowest BCUT2D eigenvalue weighted by Crippen LogP contribution is -2.13. The van der Waals surface area contributed by atoms with E-state index in [1.165, 1.54) is 11.3 Å². The average molecular weight is 409 g/mol. The topological polar surface area (TPSA) is 77.0 Å². The minimum atomic E-state index is -0.376. The van der Waals surface area contributed by atoms with Gasteiger partial charge in [0, 0.05) is 22.8 Å². The van der Waals surface area contributed by atoms with Crippen molar-refractivity contribution < 1.29 is 9.53 Å². The average Bonchev–Trinajstić information content (AvgIpc) is 3.22. The van der Waals surface area contributed by atoms with Crippen LogP contribution in [0.15, 0.2) is 72.4 Å². The molecule has 0 aliphatic rings. The molecule has 0 atom stereocenters. The molecule has 2 aromatic heterocycles. The minimum absolute atomic E-state index is 0.262. The highest BCUT2D eigenvalue weighted by Crippen LogP contribution is 2.32. The van der Waals surface area contributed by atoms with Crippen molar-refractivity contribution in [1.82, 2.24) is 15.0 Å². The van der Waals surface area contributed by atoms with Crippen molar-refractivity contribution in [2.45, 2.75) is 0 Å². The number of nitrogens with one attached hydrogen (secondary N) is 1. The monoisotopic (exact) mass is 408 g/mol. The zero-order valence-corrected chi connectivity index (χ0v) is 15.9. The van der Waals surface area contributed by atoms with Crippen molar-refractivity contribution in [2.75, 3.05) is 5.32 Å². The van der Waals surface area contributed by atoms with E-state index in [2.05, 4.69) is 20.3 Å². The first kappa shape index (κ1) is 18.1. The number of para-hydroxylation sites is 1. The van der Waals surface area contributed by atoms with Crippen LogP contribution >= 0.6 is 22.9 Å². The van der Waals surface area contributed by atoms with E-state index in [1.54, 1.807) is 42.0 Å². The van der Waals surface area contributed by atoms with Gasteiger partial charge in [-0.05, 0) is 36.4 Å². The van der Waals surface area contributed by atoms with Gasteiger partial charge in [0.15, 0.2) is 16.6 Å². The van der Waals surface area contributed by atoms with Crippen LogP contribution in [0.5, 0.6) is 11.5 Å². The maximum absolute atomic E-state index is 12.7. The summed E-state index contributed by atoms with van der Waals surface area (Å²) in [7, 11) is 0. The summed E-state index contributed by atoms with van der Waals surface area (Å²) >= 11 is 7.39. The van der Waals surface area contributed by atoms with Crippen LogP contribution in [-0.2, 0) is 0 Å². The summed E-state index contributed by atoms with van der Waals surface area (Å²) in [6.07, 6.45) is 3.26. The van der Waals surface area contributed by atoms with E-state index in [0.717, 1.165) is 0 Å². The Morgan fingerprint density at radius 1 is 1.04 bits per heavy atom. The molecule has 1 N–H and O–H groups in total. The molecule has 0 radical (unpaired) electrons. The molecule has 138 valence electrons. The summed E-state index contributed by atoms with van der Waals surface area (Å²) in [5.41, 5.74) is 0.713. The normalized spacial score (nSPS) is 10.5. The lowest BCUT2D eigenvalue weighted by atomic mass is 10.2. The second-order valence-corrected chi connectivity index (χ2v) is 6.91. The molecule has 0 fully saturated rings. The number of nitrogens with zero attached hydrogens (tertiary/aromatic N) is 3. The van der Waals surface area contributed by atoms with Crippen LogP contribution in [0.3, 0.4) is 0 Å². The Hall–Kier alpha value is -3.29. The molecule has 4 rings (SSSR count). The first-order chi connectivity index (χ1) is 13.7. The number of amides is 1. The predicted octanol–water partition coefficient (Wildman–Crippen LogP) is 5.30. The summed E-state index contributed by atoms with van der Waals surface area (Å²) < 4.78 is 5.86. The van der Waals surface area contributed by atoms with Gasteiger partial charge in [-0.15, -0.1) is 11.3 Å². The summed E-state index contributed by atoms with van der Waals surface area (Å²) in [5, 5.41) is 5.51. The Balaban J connectivity index is 1.56. The molecule has 0 spiro atoms. The fourth-order valence-corrected chi connectivity index (χ4v) is 3.30. The lowest BCUT2D eigenvalue weighted by Gasteiger charge is -2.12. The van der Waals surface area contributed by atoms with E-state index in [4.69, 9.17) is 16.3 Å². The third kappa shape index (κ3) is 4.16. The van der Waals surface area contributed by atoms with Gasteiger partial charge in [-0.1, -0.05) is 29.8 Å². The number of halogens is 1. The van der Waals surface area contributed by atoms with Crippen LogP contribution in [0.1, 0.15) is 10.5 Å². The smallest absolute Gasteiger partial charge is 0.275 e. The SMILES string of the molecule is O=C(Nc1cc(Cl)ccc1Oc1ccccc1)c1csc(-c2ncccn2)n1. The third-order valence-corrected chi connectivity index (χ3v) is 4.73. The Bertz CT molecular complexity index is 1100. The molecule has 0 saturated carbocycles. The van der Waals surface area contributed by atoms with Crippen molar-refractivity contribution in [2.24, 2.45) is 0 Å². The second-order valence-electron chi connectivity index (χ2n) is 5.62. The highest BCUT2D eigenvalue weighted by molar-refractivity contribution is 7.13. The quantitative estimate of drug-likeness (QED) is 0.485. The van der Waals surface area contributed by atoms with Gasteiger partial charge in [-0.25, -0.2) is 15.0 Å². The van der Waals surface area contributed by atoms with Crippen LogP contribution in [0.25, 0.3) is 10.8 Å². The van der Waals surface area contributed by atoms with Gasteiger partial charge >= 0.3 is 0 Å². The molecule has 0 unspecified atom stereocenters. The van der Waals surface area contributed by atoms with Crippen molar-refractivity contribution in [3.05, 3.63) is 83.1 Å². The second kappa shape index (κ2) is 8.16. The van der Waals surface area contributed by atoms with Crippen LogP contribution in [0, 0.1) is 0 Å². The van der Waals surface area contributed by atoms with Crippen LogP contribution in [0.2, 0.25) is 5.02 Å². The van der Waals surface area contributed by atoms with E-state index in [-0.39, 0.29) is 11.6 Å². The van der Waals surface area contributed by atoms with E-state index in [9.17, 15) is 4.79 Å². The molecular formula is C20H13ClN4O2S. The number of aromatic nitrogens is 3. The zero-order chi connectivity index (χ0) is 19.3. The summed E-state index contributed by atoms with van der Waals surface area (Å²) in [5.74, 6) is 1.23. The molecule has 1 amide bonds. The number of anilines is 1. The standard InChI is InChI=1S/C20H13ClN4O2S/c21-13-7-8-17(27-14-5-2-1-3-6-14)15(11-13)24-19(26)16-12-28-20(25-16)18-22-9-4-10-23-18/h1-12H,(H,24,26). The molecule has 4 aromatic rings. The lowest BCUT2D eigenvalue weighted by molar-refractivity contribution is 0.102. The molecular weight excluding hydrogens is 396 g/mol. The zero-order valence-electron chi connectivity index (χ0n) is 14.4. The van der Waals surface area contributed by atoms with E-state index in [1.807, 2.05) is 30.3 Å². The number of carbonyl (C=O) groups excluding carboxylic acids is 1. The molecule has 6 nitrogen and oxygen atoms in total. The van der Waals surface area contributed by atoms with Crippen LogP contribution < -0.4 is 10.1 Å². The van der Waals surface area contributed by atoms with Gasteiger partial charge in [0.25, 0.3) is 5.91 Å². The van der Waals surface area contributed by atoms with E-state index >= 15 is 0 Å². The maximum Gasteiger partial charge on any atom is 0.275 e. The molecule has 2 aromatic carbocycles. The molecule has 28 heavy (non-hydrogen) atoms. The van der Waals surface area contributed by atoms with Crippen molar-refractivity contribution in [3.63, 3.8) is 0 Å². The molecule has 0 aliphatic heterocycles. The van der Waals surface area contributed by atoms with Gasteiger partial charge in [0.2, 0.25) is 0 Å². The summed E-state index contributed by atoms with van der Waals surface area (Å²) in [6, 6.07) is 16.0. The van der Waals surface area contributed by atoms with Crippen LogP contribution in [-0.4, -0.2) is 20.9 Å². The Kier molecular flexibility index (Phi) is 5.27. The Morgan fingerprint density at radius 2 is 1.82 bits per heavy atom. The number of ether oxygens (including phenoxy) is 1. The Labute approximate surface area is 169 Å². The van der Waals surface area contributed by atoms with Gasteiger partial charge < -0.3 is 10.1 Å². The number of rotatable bonds is 5. The van der Waals surface area contributed by atoms with Gasteiger partial charge in [-0.3, -0.25) is 4.79 Å². The maximum atomic E-state index is 12.7. The third-order valence-electron chi connectivity index (χ3n) is 3.65. The van der Waals surface area contributed by atoms with E-state index in [0.29, 0.717) is 33.0 Å².